The molecule has 0 bridgehead atoms. The van der Waals surface area contributed by atoms with Crippen LogP contribution in [0.3, 0.4) is 0 Å². The van der Waals surface area contributed by atoms with E-state index in [1.54, 1.807) is 0 Å². The highest BCUT2D eigenvalue weighted by Gasteiger charge is 2.29. The van der Waals surface area contributed by atoms with Crippen LogP contribution >= 0.6 is 0 Å². The van der Waals surface area contributed by atoms with E-state index in [1.165, 1.54) is 11.1 Å². The third-order valence-corrected chi connectivity index (χ3v) is 4.25. The van der Waals surface area contributed by atoms with Gasteiger partial charge >= 0.3 is 0 Å². The average molecular weight is 260 g/mol. The lowest BCUT2D eigenvalue weighted by Crippen LogP contribution is -2.33. The van der Waals surface area contributed by atoms with Crippen LogP contribution < -0.4 is 5.73 Å². The summed E-state index contributed by atoms with van der Waals surface area (Å²) in [6.07, 6.45) is 1.76. The van der Waals surface area contributed by atoms with Gasteiger partial charge in [0.15, 0.2) is 0 Å². The Bertz CT molecular complexity index is 470. The predicted molar refractivity (Wildman–Crippen MR) is 77.8 cm³/mol. The van der Waals surface area contributed by atoms with Gasteiger partial charge in [-0.1, -0.05) is 31.5 Å². The van der Waals surface area contributed by atoms with E-state index in [1.807, 2.05) is 4.90 Å². The maximum Gasteiger partial charge on any atom is 0.222 e. The fourth-order valence-electron chi connectivity index (χ4n) is 2.64. The van der Waals surface area contributed by atoms with Crippen LogP contribution in [0, 0.1) is 19.8 Å². The Morgan fingerprint density at radius 3 is 2.68 bits per heavy atom. The van der Waals surface area contributed by atoms with Crippen LogP contribution in [0.25, 0.3) is 0 Å². The van der Waals surface area contributed by atoms with Crippen molar-refractivity contribution in [2.24, 2.45) is 11.7 Å². The molecule has 1 saturated heterocycles. The van der Waals surface area contributed by atoms with Crippen LogP contribution in [0.15, 0.2) is 18.2 Å². The Kier molecular flexibility index (Phi) is 4.25. The van der Waals surface area contributed by atoms with Gasteiger partial charge in [0, 0.05) is 25.6 Å². The van der Waals surface area contributed by atoms with Crippen molar-refractivity contribution < 1.29 is 4.79 Å². The summed E-state index contributed by atoms with van der Waals surface area (Å²) in [6, 6.07) is 6.23. The number of aryl methyl sites for hydroxylation is 2. The first-order chi connectivity index (χ1) is 9.01. The van der Waals surface area contributed by atoms with Crippen molar-refractivity contribution in [3.05, 3.63) is 34.9 Å². The quantitative estimate of drug-likeness (QED) is 0.904. The predicted octanol–water partition coefficient (Wildman–Crippen LogP) is 2.56. The standard InChI is InChI=1S/C16H24N2O/c1-4-13-8-16(19)18(9-13)10-15(17)14-6-5-11(2)12(3)7-14/h5-7,13,15H,4,8-10,17H2,1-3H3. The monoisotopic (exact) mass is 260 g/mol. The second kappa shape index (κ2) is 5.74. The van der Waals surface area contributed by atoms with Crippen molar-refractivity contribution in [1.82, 2.24) is 4.90 Å². The number of rotatable bonds is 4. The number of carbonyl (C=O) groups is 1. The van der Waals surface area contributed by atoms with Gasteiger partial charge in [0.1, 0.15) is 0 Å². The van der Waals surface area contributed by atoms with Crippen LogP contribution in [0.4, 0.5) is 0 Å². The van der Waals surface area contributed by atoms with Crippen molar-refractivity contribution in [3.8, 4) is 0 Å². The van der Waals surface area contributed by atoms with Crippen LogP contribution in [0.5, 0.6) is 0 Å². The Labute approximate surface area is 115 Å². The van der Waals surface area contributed by atoms with E-state index < -0.39 is 0 Å². The van der Waals surface area contributed by atoms with Gasteiger partial charge in [-0.05, 0) is 36.5 Å². The molecule has 3 nitrogen and oxygen atoms in total. The maximum absolute atomic E-state index is 11.9. The van der Waals surface area contributed by atoms with Gasteiger partial charge in [-0.2, -0.15) is 0 Å². The van der Waals surface area contributed by atoms with Crippen LogP contribution in [-0.2, 0) is 4.79 Å². The minimum atomic E-state index is -0.0844. The van der Waals surface area contributed by atoms with E-state index in [2.05, 4.69) is 39.0 Å². The van der Waals surface area contributed by atoms with Crippen molar-refractivity contribution in [1.29, 1.82) is 0 Å². The lowest BCUT2D eigenvalue weighted by atomic mass is 10.0. The van der Waals surface area contributed by atoms with Crippen LogP contribution in [-0.4, -0.2) is 23.9 Å². The number of carbonyl (C=O) groups excluding carboxylic acids is 1. The molecule has 0 aromatic heterocycles. The lowest BCUT2D eigenvalue weighted by Gasteiger charge is -2.22. The third-order valence-electron chi connectivity index (χ3n) is 4.25. The SMILES string of the molecule is CCC1CC(=O)N(CC(N)c2ccc(C)c(C)c2)C1. The fraction of sp³-hybridized carbons (Fsp3) is 0.562. The smallest absolute Gasteiger partial charge is 0.222 e. The second-order valence-electron chi connectivity index (χ2n) is 5.73. The summed E-state index contributed by atoms with van der Waals surface area (Å²) < 4.78 is 0. The van der Waals surface area contributed by atoms with Crippen molar-refractivity contribution in [2.45, 2.75) is 39.7 Å². The maximum atomic E-state index is 11.9. The largest absolute Gasteiger partial charge is 0.340 e. The molecule has 1 aromatic rings. The molecule has 0 saturated carbocycles. The Morgan fingerprint density at radius 2 is 2.11 bits per heavy atom. The van der Waals surface area contributed by atoms with Gasteiger partial charge in [-0.15, -0.1) is 0 Å². The van der Waals surface area contributed by atoms with Gasteiger partial charge in [-0.25, -0.2) is 0 Å². The van der Waals surface area contributed by atoms with Gasteiger partial charge in [0.25, 0.3) is 0 Å². The molecular formula is C16H24N2O. The zero-order valence-electron chi connectivity index (χ0n) is 12.1. The first-order valence-corrected chi connectivity index (χ1v) is 7.11. The Morgan fingerprint density at radius 1 is 1.37 bits per heavy atom. The molecule has 0 spiro atoms. The summed E-state index contributed by atoms with van der Waals surface area (Å²) in [4.78, 5) is 13.8. The van der Waals surface area contributed by atoms with Gasteiger partial charge in [0.05, 0.1) is 0 Å². The molecule has 2 N–H and O–H groups in total. The topological polar surface area (TPSA) is 46.3 Å². The molecule has 104 valence electrons. The number of hydrogen-bond donors (Lipinski definition) is 1. The van der Waals surface area contributed by atoms with E-state index in [0.29, 0.717) is 18.9 Å². The number of hydrogen-bond acceptors (Lipinski definition) is 2. The molecule has 1 heterocycles. The lowest BCUT2D eigenvalue weighted by molar-refractivity contribution is -0.127. The van der Waals surface area contributed by atoms with Crippen molar-refractivity contribution >= 4 is 5.91 Å². The summed E-state index contributed by atoms with van der Waals surface area (Å²) in [6.45, 7) is 7.84. The third kappa shape index (κ3) is 3.16. The molecule has 19 heavy (non-hydrogen) atoms. The minimum absolute atomic E-state index is 0.0844. The fourth-order valence-corrected chi connectivity index (χ4v) is 2.64. The summed E-state index contributed by atoms with van der Waals surface area (Å²) in [7, 11) is 0. The van der Waals surface area contributed by atoms with E-state index in [4.69, 9.17) is 5.73 Å². The Hall–Kier alpha value is -1.35. The molecule has 1 aliphatic rings. The van der Waals surface area contributed by atoms with Crippen molar-refractivity contribution in [2.75, 3.05) is 13.1 Å². The van der Waals surface area contributed by atoms with Gasteiger partial charge in [-0.3, -0.25) is 4.79 Å². The molecule has 2 atom stereocenters. The van der Waals surface area contributed by atoms with E-state index >= 15 is 0 Å². The summed E-state index contributed by atoms with van der Waals surface area (Å²) in [5.74, 6) is 0.769. The van der Waals surface area contributed by atoms with E-state index in [9.17, 15) is 4.79 Å². The van der Waals surface area contributed by atoms with Crippen LogP contribution in [0.1, 0.15) is 42.5 Å². The molecule has 1 aromatic carbocycles. The minimum Gasteiger partial charge on any atom is -0.340 e. The summed E-state index contributed by atoms with van der Waals surface area (Å²) in [5.41, 5.74) is 9.90. The highest BCUT2D eigenvalue weighted by atomic mass is 16.2. The second-order valence-corrected chi connectivity index (χ2v) is 5.73. The highest BCUT2D eigenvalue weighted by molar-refractivity contribution is 5.78. The molecule has 1 fully saturated rings. The van der Waals surface area contributed by atoms with Crippen molar-refractivity contribution in [3.63, 3.8) is 0 Å². The zero-order chi connectivity index (χ0) is 14.0. The van der Waals surface area contributed by atoms with Gasteiger partial charge in [0.2, 0.25) is 5.91 Å². The zero-order valence-corrected chi connectivity index (χ0v) is 12.1. The molecule has 0 aliphatic carbocycles. The first kappa shape index (κ1) is 14.1. The molecule has 0 radical (unpaired) electrons. The molecule has 2 rings (SSSR count). The number of benzene rings is 1. The van der Waals surface area contributed by atoms with E-state index in [0.717, 1.165) is 18.5 Å². The molecule has 1 amide bonds. The van der Waals surface area contributed by atoms with Crippen LogP contribution in [0.2, 0.25) is 0 Å². The average Bonchev–Trinajstić information content (AvgIpc) is 2.73. The first-order valence-electron chi connectivity index (χ1n) is 7.11. The number of amides is 1. The normalized spacial score (nSPS) is 20.9. The molecule has 2 unspecified atom stereocenters. The molecule has 3 heteroatoms. The summed E-state index contributed by atoms with van der Waals surface area (Å²) >= 11 is 0. The summed E-state index contributed by atoms with van der Waals surface area (Å²) in [5, 5.41) is 0. The molecular weight excluding hydrogens is 236 g/mol. The number of nitrogens with two attached hydrogens (primary N) is 1. The van der Waals surface area contributed by atoms with E-state index in [-0.39, 0.29) is 11.9 Å². The number of likely N-dealkylation sites (tertiary alicyclic amines) is 1. The highest BCUT2D eigenvalue weighted by Crippen LogP contribution is 2.23. The Balaban J connectivity index is 2.02. The molecule has 1 aliphatic heterocycles. The van der Waals surface area contributed by atoms with Gasteiger partial charge < -0.3 is 10.6 Å². The number of nitrogens with zero attached hydrogens (tertiary/aromatic N) is 1.